The highest BCUT2D eigenvalue weighted by molar-refractivity contribution is 6.10. The lowest BCUT2D eigenvalue weighted by Crippen LogP contribution is -2.46. The van der Waals surface area contributed by atoms with E-state index in [1.807, 2.05) is 12.2 Å². The second-order valence-electron chi connectivity index (χ2n) is 6.44. The van der Waals surface area contributed by atoms with Crippen molar-refractivity contribution in [3.8, 4) is 0 Å². The van der Waals surface area contributed by atoms with Gasteiger partial charge in [-0.05, 0) is 38.0 Å². The number of methoxy groups -OCH3 is 1. The number of allylic oxidation sites excluding steroid dienone is 2. The summed E-state index contributed by atoms with van der Waals surface area (Å²) in [6.07, 6.45) is 4.86. The van der Waals surface area contributed by atoms with E-state index in [4.69, 9.17) is 0 Å². The number of nitrogens with one attached hydrogen (secondary N) is 1. The van der Waals surface area contributed by atoms with Gasteiger partial charge in [-0.3, -0.25) is 19.3 Å². The second kappa shape index (κ2) is 7.11. The summed E-state index contributed by atoms with van der Waals surface area (Å²) in [5.41, 5.74) is 0.686. The number of carbonyl (C=O) groups is 4. The summed E-state index contributed by atoms with van der Waals surface area (Å²) in [6.45, 7) is 1.53. The molecule has 3 amide bonds. The number of esters is 1. The molecule has 136 valence electrons. The van der Waals surface area contributed by atoms with Gasteiger partial charge in [0, 0.05) is 5.69 Å². The minimum atomic E-state index is -0.928. The maximum absolute atomic E-state index is 12.6. The third-order valence-electron chi connectivity index (χ3n) is 4.86. The van der Waals surface area contributed by atoms with Gasteiger partial charge in [0.1, 0.15) is 6.04 Å². The topological polar surface area (TPSA) is 92.8 Å². The number of nitrogens with zero attached hydrogens (tertiary/aromatic N) is 1. The van der Waals surface area contributed by atoms with Gasteiger partial charge in [-0.15, -0.1) is 0 Å². The minimum Gasteiger partial charge on any atom is -0.465 e. The fourth-order valence-electron chi connectivity index (χ4n) is 3.41. The highest BCUT2D eigenvalue weighted by Crippen LogP contribution is 2.36. The Labute approximate surface area is 151 Å². The number of hydrogen-bond donors (Lipinski definition) is 1. The van der Waals surface area contributed by atoms with Crippen LogP contribution >= 0.6 is 0 Å². The fraction of sp³-hybridized carbons (Fsp3) is 0.368. The highest BCUT2D eigenvalue weighted by atomic mass is 16.5. The smallest absolute Gasteiger partial charge is 0.337 e. The van der Waals surface area contributed by atoms with Crippen molar-refractivity contribution in [3.05, 3.63) is 42.0 Å². The molecule has 1 fully saturated rings. The lowest BCUT2D eigenvalue weighted by Gasteiger charge is -2.22. The SMILES string of the molecule is COC(=O)c1cccc(NC(=O)C(C)N2C(=O)C3CC=CCC3C2=O)c1. The Morgan fingerprint density at radius 3 is 2.35 bits per heavy atom. The normalized spacial score (nSPS) is 22.8. The number of benzene rings is 1. The zero-order chi connectivity index (χ0) is 18.8. The molecule has 3 unspecified atom stereocenters. The van der Waals surface area contributed by atoms with E-state index in [-0.39, 0.29) is 23.7 Å². The Balaban J connectivity index is 1.73. The molecule has 7 heteroatoms. The van der Waals surface area contributed by atoms with E-state index >= 15 is 0 Å². The van der Waals surface area contributed by atoms with Crippen molar-refractivity contribution < 1.29 is 23.9 Å². The van der Waals surface area contributed by atoms with E-state index in [9.17, 15) is 19.2 Å². The Bertz CT molecular complexity index is 775. The van der Waals surface area contributed by atoms with Crippen LogP contribution in [0.25, 0.3) is 0 Å². The molecule has 7 nitrogen and oxygen atoms in total. The molecule has 1 heterocycles. The number of anilines is 1. The molecule has 0 saturated carbocycles. The molecular formula is C19H20N2O5. The number of hydrogen-bond acceptors (Lipinski definition) is 5. The number of likely N-dealkylation sites (tertiary alicyclic amines) is 1. The van der Waals surface area contributed by atoms with Crippen LogP contribution in [0.15, 0.2) is 36.4 Å². The van der Waals surface area contributed by atoms with Gasteiger partial charge >= 0.3 is 5.97 Å². The second-order valence-corrected chi connectivity index (χ2v) is 6.44. The van der Waals surface area contributed by atoms with Crippen molar-refractivity contribution >= 4 is 29.4 Å². The van der Waals surface area contributed by atoms with Gasteiger partial charge in [-0.1, -0.05) is 18.2 Å². The molecule has 1 N–H and O–H groups in total. The first-order valence-corrected chi connectivity index (χ1v) is 8.45. The summed E-state index contributed by atoms with van der Waals surface area (Å²) in [4.78, 5) is 50.3. The molecule has 0 aromatic heterocycles. The van der Waals surface area contributed by atoms with Gasteiger partial charge in [0.15, 0.2) is 0 Å². The van der Waals surface area contributed by atoms with Crippen molar-refractivity contribution in [1.82, 2.24) is 4.90 Å². The summed E-state index contributed by atoms with van der Waals surface area (Å²) < 4.78 is 4.65. The van der Waals surface area contributed by atoms with Crippen LogP contribution < -0.4 is 5.32 Å². The first-order chi connectivity index (χ1) is 12.4. The van der Waals surface area contributed by atoms with Crippen LogP contribution in [0.5, 0.6) is 0 Å². The van der Waals surface area contributed by atoms with Crippen molar-refractivity contribution in [1.29, 1.82) is 0 Å². The molecule has 1 aromatic rings. The number of carbonyl (C=O) groups excluding carboxylic acids is 4. The molecule has 26 heavy (non-hydrogen) atoms. The average molecular weight is 356 g/mol. The van der Waals surface area contributed by atoms with Crippen molar-refractivity contribution in [3.63, 3.8) is 0 Å². The van der Waals surface area contributed by atoms with Gasteiger partial charge in [-0.25, -0.2) is 4.79 Å². The van der Waals surface area contributed by atoms with Gasteiger partial charge in [0.2, 0.25) is 17.7 Å². The van der Waals surface area contributed by atoms with Crippen LogP contribution in [0, 0.1) is 11.8 Å². The number of amides is 3. The number of imide groups is 1. The summed E-state index contributed by atoms with van der Waals surface area (Å²) in [6, 6.07) is 5.35. The van der Waals surface area contributed by atoms with Crippen LogP contribution in [-0.2, 0) is 19.1 Å². The Morgan fingerprint density at radius 1 is 1.15 bits per heavy atom. The van der Waals surface area contributed by atoms with Gasteiger partial charge in [-0.2, -0.15) is 0 Å². The largest absolute Gasteiger partial charge is 0.465 e. The molecule has 0 spiro atoms. The average Bonchev–Trinajstić information content (AvgIpc) is 2.91. The van der Waals surface area contributed by atoms with Gasteiger partial charge < -0.3 is 10.1 Å². The molecule has 1 saturated heterocycles. The van der Waals surface area contributed by atoms with E-state index in [1.54, 1.807) is 18.2 Å². The first kappa shape index (κ1) is 17.8. The Hall–Kier alpha value is -2.96. The number of rotatable bonds is 4. The van der Waals surface area contributed by atoms with E-state index < -0.39 is 17.9 Å². The van der Waals surface area contributed by atoms with Gasteiger partial charge in [0.05, 0.1) is 24.5 Å². The van der Waals surface area contributed by atoms with E-state index in [2.05, 4.69) is 10.1 Å². The van der Waals surface area contributed by atoms with Crippen LogP contribution in [0.1, 0.15) is 30.1 Å². The Morgan fingerprint density at radius 2 is 1.77 bits per heavy atom. The lowest BCUT2D eigenvalue weighted by molar-refractivity contribution is -0.146. The standard InChI is InChI=1S/C19H20N2O5/c1-11(21-17(23)14-8-3-4-9-15(14)18(21)24)16(22)20-13-7-5-6-12(10-13)19(25)26-2/h3-7,10-11,14-15H,8-9H2,1-2H3,(H,20,22). The molecule has 1 aromatic carbocycles. The molecule has 0 bridgehead atoms. The maximum atomic E-state index is 12.6. The summed E-state index contributed by atoms with van der Waals surface area (Å²) in [7, 11) is 1.27. The number of fused-ring (bicyclic) bond motifs is 1. The van der Waals surface area contributed by atoms with Crippen LogP contribution in [-0.4, -0.2) is 41.7 Å². The third kappa shape index (κ3) is 3.12. The summed E-state index contributed by atoms with van der Waals surface area (Å²) in [5.74, 6) is -2.34. The predicted octanol–water partition coefficient (Wildman–Crippen LogP) is 1.75. The monoisotopic (exact) mass is 356 g/mol. The highest BCUT2D eigenvalue weighted by Gasteiger charge is 2.50. The van der Waals surface area contributed by atoms with Crippen molar-refractivity contribution in [2.24, 2.45) is 11.8 Å². The van der Waals surface area contributed by atoms with E-state index in [0.29, 0.717) is 24.1 Å². The van der Waals surface area contributed by atoms with Crippen molar-refractivity contribution in [2.45, 2.75) is 25.8 Å². The zero-order valence-corrected chi connectivity index (χ0v) is 14.6. The number of ether oxygens (including phenoxy) is 1. The molecule has 1 aliphatic carbocycles. The zero-order valence-electron chi connectivity index (χ0n) is 14.6. The first-order valence-electron chi connectivity index (χ1n) is 8.45. The molecular weight excluding hydrogens is 336 g/mol. The lowest BCUT2D eigenvalue weighted by atomic mass is 9.85. The third-order valence-corrected chi connectivity index (χ3v) is 4.86. The summed E-state index contributed by atoms with van der Waals surface area (Å²) in [5, 5.41) is 2.65. The predicted molar refractivity (Wildman–Crippen MR) is 93.1 cm³/mol. The van der Waals surface area contributed by atoms with E-state index in [1.165, 1.54) is 20.1 Å². The molecule has 1 aliphatic heterocycles. The van der Waals surface area contributed by atoms with Crippen LogP contribution in [0.4, 0.5) is 5.69 Å². The molecule has 2 aliphatic rings. The summed E-state index contributed by atoms with van der Waals surface area (Å²) >= 11 is 0. The minimum absolute atomic E-state index is 0.295. The van der Waals surface area contributed by atoms with Crippen LogP contribution in [0.3, 0.4) is 0 Å². The van der Waals surface area contributed by atoms with Crippen molar-refractivity contribution in [2.75, 3.05) is 12.4 Å². The molecule has 0 radical (unpaired) electrons. The quantitative estimate of drug-likeness (QED) is 0.504. The van der Waals surface area contributed by atoms with E-state index in [0.717, 1.165) is 4.90 Å². The van der Waals surface area contributed by atoms with Crippen LogP contribution in [0.2, 0.25) is 0 Å². The van der Waals surface area contributed by atoms with Gasteiger partial charge in [0.25, 0.3) is 0 Å². The Kier molecular flexibility index (Phi) is 4.88. The maximum Gasteiger partial charge on any atom is 0.337 e. The molecule has 3 rings (SSSR count). The fourth-order valence-corrected chi connectivity index (χ4v) is 3.41. The molecule has 3 atom stereocenters.